The van der Waals surface area contributed by atoms with Crippen LogP contribution in [0.3, 0.4) is 0 Å². The normalized spacial score (nSPS) is 30.3. The molecule has 0 aliphatic heterocycles. The molecule has 2 N–H and O–H groups in total. The molecule has 4 aromatic rings. The number of benzene rings is 4. The van der Waals surface area contributed by atoms with Gasteiger partial charge in [0.05, 0.1) is 0 Å². The minimum Gasteiger partial charge on any atom is -0.361 e. The monoisotopic (exact) mass is 610 g/mol. The first-order chi connectivity index (χ1) is 21.9. The van der Waals surface area contributed by atoms with Crippen LogP contribution in [-0.2, 0) is 9.59 Å². The molecule has 236 valence electrons. The fourth-order valence-corrected chi connectivity index (χ4v) is 9.20. The average molecular weight is 611 g/mol. The predicted molar refractivity (Wildman–Crippen MR) is 191 cm³/mol. The number of ketones is 2. The zero-order chi connectivity index (χ0) is 32.5. The second-order valence-corrected chi connectivity index (χ2v) is 15.5. The van der Waals surface area contributed by atoms with E-state index in [1.807, 2.05) is 36.7 Å². The van der Waals surface area contributed by atoms with Crippen LogP contribution in [0.4, 0.5) is 11.4 Å². The van der Waals surface area contributed by atoms with Crippen molar-refractivity contribution in [2.24, 2.45) is 33.5 Å². The van der Waals surface area contributed by atoms with Crippen LogP contribution < -0.4 is 10.6 Å². The second kappa shape index (κ2) is 10.7. The Bertz CT molecular complexity index is 1800. The number of Topliss-reactive ketones (excluding diaryl/α,β-unsaturated/α-hetero) is 2. The number of hydrogen-bond donors (Lipinski definition) is 2. The maximum Gasteiger partial charge on any atom is 0.167 e. The molecule has 4 aliphatic carbocycles. The number of hydrogen-bond acceptors (Lipinski definition) is 4. The molecule has 46 heavy (non-hydrogen) atoms. The van der Waals surface area contributed by atoms with E-state index in [1.165, 1.54) is 21.5 Å². The minimum atomic E-state index is -0.191. The summed E-state index contributed by atoms with van der Waals surface area (Å²) < 4.78 is 0. The SMILES string of the molecule is CC1(C)[C@@H]2CC[C@@]1(C)C(=O)/C2=C/Nc1cccc2ccccc12.CC1(C)[C@@H]2CC[C@@]1(C)C(=O)/C2=C/Nc1cccc2ccccc12. The lowest BCUT2D eigenvalue weighted by Crippen LogP contribution is -2.32. The van der Waals surface area contributed by atoms with Crippen LogP contribution in [0.1, 0.15) is 67.2 Å². The van der Waals surface area contributed by atoms with Crippen molar-refractivity contribution in [3.8, 4) is 0 Å². The van der Waals surface area contributed by atoms with Crippen LogP contribution in [0.5, 0.6) is 0 Å². The van der Waals surface area contributed by atoms with E-state index in [2.05, 4.69) is 113 Å². The van der Waals surface area contributed by atoms with Crippen molar-refractivity contribution in [2.75, 3.05) is 10.6 Å². The Morgan fingerprint density at radius 2 is 0.913 bits per heavy atom. The van der Waals surface area contributed by atoms with E-state index < -0.39 is 0 Å². The molecule has 4 nitrogen and oxygen atoms in total. The standard InChI is InChI=1S/2C21H23NO/c2*1-20(2)17-11-12-21(20,3)19(23)16(17)13-22-18-10-6-8-14-7-4-5-9-15(14)18/h2*4-10,13,17,22H,11-12H2,1-3H3/b2*16-13+/t2*17-,21+/m11/s1. The number of allylic oxidation sites excluding steroid dienone is 2. The molecule has 0 spiro atoms. The van der Waals surface area contributed by atoms with E-state index in [9.17, 15) is 9.59 Å². The molecule has 4 aliphatic rings. The minimum absolute atomic E-state index is 0.0658. The summed E-state index contributed by atoms with van der Waals surface area (Å²) in [5, 5.41) is 11.6. The van der Waals surface area contributed by atoms with Crippen LogP contribution in [0.15, 0.2) is 108 Å². The average Bonchev–Trinajstić information content (AvgIpc) is 3.54. The number of carbonyl (C=O) groups excluding carboxylic acids is 2. The fourth-order valence-electron chi connectivity index (χ4n) is 9.20. The zero-order valence-corrected chi connectivity index (χ0v) is 28.0. The van der Waals surface area contributed by atoms with Gasteiger partial charge in [-0.15, -0.1) is 0 Å². The molecule has 4 fully saturated rings. The number of fused-ring (bicyclic) bond motifs is 6. The largest absolute Gasteiger partial charge is 0.361 e. The van der Waals surface area contributed by atoms with Crippen LogP contribution in [0.2, 0.25) is 0 Å². The lowest BCUT2D eigenvalue weighted by molar-refractivity contribution is -0.126. The molecule has 0 aromatic heterocycles. The third-order valence-electron chi connectivity index (χ3n) is 13.1. The molecule has 4 atom stereocenters. The van der Waals surface area contributed by atoms with Gasteiger partial charge in [-0.25, -0.2) is 0 Å². The number of anilines is 2. The molecule has 0 amide bonds. The summed E-state index contributed by atoms with van der Waals surface area (Å²) in [6, 6.07) is 29.1. The van der Waals surface area contributed by atoms with Gasteiger partial charge in [0.25, 0.3) is 0 Å². The van der Waals surface area contributed by atoms with E-state index in [1.54, 1.807) is 0 Å². The van der Waals surface area contributed by atoms with Gasteiger partial charge in [-0.05, 0) is 71.3 Å². The molecule has 0 saturated heterocycles. The van der Waals surface area contributed by atoms with E-state index in [0.29, 0.717) is 23.4 Å². The molecule has 4 saturated carbocycles. The summed E-state index contributed by atoms with van der Waals surface area (Å²) in [4.78, 5) is 25.8. The van der Waals surface area contributed by atoms with Gasteiger partial charge in [-0.1, -0.05) is 114 Å². The molecule has 0 heterocycles. The molecule has 4 bridgehead atoms. The van der Waals surface area contributed by atoms with E-state index >= 15 is 0 Å². The highest BCUT2D eigenvalue weighted by molar-refractivity contribution is 6.06. The quantitative estimate of drug-likeness (QED) is 0.226. The lowest BCUT2D eigenvalue weighted by Gasteiger charge is -2.31. The third kappa shape index (κ3) is 4.32. The maximum atomic E-state index is 12.9. The van der Waals surface area contributed by atoms with Gasteiger partial charge in [0, 0.05) is 56.5 Å². The lowest BCUT2D eigenvalue weighted by atomic mass is 9.70. The summed E-state index contributed by atoms with van der Waals surface area (Å²) in [5.41, 5.74) is 3.84. The van der Waals surface area contributed by atoms with Crippen molar-refractivity contribution in [3.05, 3.63) is 108 Å². The van der Waals surface area contributed by atoms with E-state index in [-0.39, 0.29) is 21.7 Å². The van der Waals surface area contributed by atoms with E-state index in [0.717, 1.165) is 48.2 Å². The summed E-state index contributed by atoms with van der Waals surface area (Å²) in [5.74, 6) is 1.43. The molecule has 0 unspecified atom stereocenters. The fraction of sp³-hybridized carbons (Fsp3) is 0.381. The predicted octanol–water partition coefficient (Wildman–Crippen LogP) is 10.3. The highest BCUT2D eigenvalue weighted by atomic mass is 16.1. The van der Waals surface area contributed by atoms with Crippen molar-refractivity contribution in [2.45, 2.75) is 67.2 Å². The molecule has 4 heteroatoms. The third-order valence-corrected chi connectivity index (χ3v) is 13.1. The molecule has 4 aromatic carbocycles. The van der Waals surface area contributed by atoms with Gasteiger partial charge in [0.1, 0.15) is 0 Å². The van der Waals surface area contributed by atoms with Gasteiger partial charge in [-0.3, -0.25) is 9.59 Å². The van der Waals surface area contributed by atoms with Crippen molar-refractivity contribution in [1.29, 1.82) is 0 Å². The summed E-state index contributed by atoms with van der Waals surface area (Å²) in [6.45, 7) is 13.3. The van der Waals surface area contributed by atoms with Crippen molar-refractivity contribution >= 4 is 44.5 Å². The van der Waals surface area contributed by atoms with Crippen LogP contribution >= 0.6 is 0 Å². The van der Waals surface area contributed by atoms with Crippen LogP contribution in [0.25, 0.3) is 21.5 Å². The zero-order valence-electron chi connectivity index (χ0n) is 28.0. The van der Waals surface area contributed by atoms with Crippen molar-refractivity contribution in [3.63, 3.8) is 0 Å². The highest BCUT2D eigenvalue weighted by Crippen LogP contribution is 2.66. The first-order valence-electron chi connectivity index (χ1n) is 16.9. The van der Waals surface area contributed by atoms with Gasteiger partial charge < -0.3 is 10.6 Å². The maximum absolute atomic E-state index is 12.9. The molecule has 0 radical (unpaired) electrons. The number of nitrogens with one attached hydrogen (secondary N) is 2. The summed E-state index contributed by atoms with van der Waals surface area (Å²) >= 11 is 0. The Labute approximate surface area is 273 Å². The Hall–Kier alpha value is -4.18. The highest BCUT2D eigenvalue weighted by Gasteiger charge is 2.65. The molecular weight excluding hydrogens is 564 g/mol. The first-order valence-corrected chi connectivity index (χ1v) is 16.9. The second-order valence-electron chi connectivity index (χ2n) is 15.5. The smallest absolute Gasteiger partial charge is 0.167 e. The Balaban J connectivity index is 0.000000147. The van der Waals surface area contributed by atoms with Gasteiger partial charge in [0.2, 0.25) is 0 Å². The van der Waals surface area contributed by atoms with Crippen molar-refractivity contribution in [1.82, 2.24) is 0 Å². The van der Waals surface area contributed by atoms with Crippen LogP contribution in [0, 0.1) is 33.5 Å². The Morgan fingerprint density at radius 3 is 1.28 bits per heavy atom. The summed E-state index contributed by atoms with van der Waals surface area (Å²) in [7, 11) is 0. The van der Waals surface area contributed by atoms with E-state index in [4.69, 9.17) is 0 Å². The van der Waals surface area contributed by atoms with Gasteiger partial charge in [-0.2, -0.15) is 0 Å². The number of carbonyl (C=O) groups is 2. The van der Waals surface area contributed by atoms with Crippen LogP contribution in [-0.4, -0.2) is 11.6 Å². The molecular formula is C42H46N2O2. The number of rotatable bonds is 4. The molecule has 8 rings (SSSR count). The summed E-state index contributed by atoms with van der Waals surface area (Å²) in [6.07, 6.45) is 8.24. The van der Waals surface area contributed by atoms with Crippen molar-refractivity contribution < 1.29 is 9.59 Å². The topological polar surface area (TPSA) is 58.2 Å². The first kappa shape index (κ1) is 30.5. The van der Waals surface area contributed by atoms with Gasteiger partial charge >= 0.3 is 0 Å². The van der Waals surface area contributed by atoms with Gasteiger partial charge in [0.15, 0.2) is 11.6 Å². The Kier molecular flexibility index (Phi) is 7.08. The Morgan fingerprint density at radius 1 is 0.543 bits per heavy atom.